The highest BCUT2D eigenvalue weighted by Gasteiger charge is 2.14. The molecule has 1 aromatic heterocycles. The van der Waals surface area contributed by atoms with Gasteiger partial charge in [0.05, 0.1) is 12.5 Å². The predicted molar refractivity (Wildman–Crippen MR) is 62.4 cm³/mol. The Morgan fingerprint density at radius 1 is 1.81 bits per heavy atom. The minimum Gasteiger partial charge on any atom is -0.347 e. The number of nitrogens with zero attached hydrogens (tertiary/aromatic N) is 2. The van der Waals surface area contributed by atoms with Gasteiger partial charge in [0.2, 0.25) is 0 Å². The van der Waals surface area contributed by atoms with Crippen molar-refractivity contribution in [1.29, 1.82) is 5.26 Å². The SMILES string of the molecule is CC[C@H](CC#N)NC(=O)c1c[nH]c(=S)n1C. The van der Waals surface area contributed by atoms with Crippen LogP contribution in [0.2, 0.25) is 0 Å². The predicted octanol–water partition coefficient (Wildman–Crippen LogP) is 1.50. The van der Waals surface area contributed by atoms with Crippen molar-refractivity contribution in [2.45, 2.75) is 25.8 Å². The van der Waals surface area contributed by atoms with Crippen molar-refractivity contribution >= 4 is 18.1 Å². The van der Waals surface area contributed by atoms with Crippen LogP contribution in [0.25, 0.3) is 0 Å². The summed E-state index contributed by atoms with van der Waals surface area (Å²) in [4.78, 5) is 14.6. The zero-order valence-corrected chi connectivity index (χ0v) is 10.1. The Hall–Kier alpha value is -1.61. The van der Waals surface area contributed by atoms with E-state index < -0.39 is 0 Å². The highest BCUT2D eigenvalue weighted by molar-refractivity contribution is 7.71. The maximum absolute atomic E-state index is 11.8. The lowest BCUT2D eigenvalue weighted by Gasteiger charge is -2.13. The van der Waals surface area contributed by atoms with Gasteiger partial charge in [0.1, 0.15) is 5.69 Å². The Morgan fingerprint density at radius 2 is 2.50 bits per heavy atom. The van der Waals surface area contributed by atoms with Crippen molar-refractivity contribution in [3.63, 3.8) is 0 Å². The van der Waals surface area contributed by atoms with Gasteiger partial charge < -0.3 is 14.9 Å². The van der Waals surface area contributed by atoms with Gasteiger partial charge in [0.25, 0.3) is 5.91 Å². The van der Waals surface area contributed by atoms with Gasteiger partial charge in [0, 0.05) is 19.3 Å². The summed E-state index contributed by atoms with van der Waals surface area (Å²) in [6.45, 7) is 1.93. The van der Waals surface area contributed by atoms with Gasteiger partial charge in [-0.05, 0) is 18.6 Å². The monoisotopic (exact) mass is 238 g/mol. The molecule has 0 saturated heterocycles. The zero-order chi connectivity index (χ0) is 12.1. The van der Waals surface area contributed by atoms with Crippen molar-refractivity contribution in [3.8, 4) is 6.07 Å². The van der Waals surface area contributed by atoms with E-state index in [4.69, 9.17) is 17.5 Å². The minimum atomic E-state index is -0.211. The van der Waals surface area contributed by atoms with Crippen molar-refractivity contribution in [2.75, 3.05) is 0 Å². The largest absolute Gasteiger partial charge is 0.347 e. The third kappa shape index (κ3) is 2.70. The van der Waals surface area contributed by atoms with Gasteiger partial charge >= 0.3 is 0 Å². The van der Waals surface area contributed by atoms with E-state index in [-0.39, 0.29) is 11.9 Å². The molecule has 1 heterocycles. The van der Waals surface area contributed by atoms with Crippen LogP contribution in [0.4, 0.5) is 0 Å². The summed E-state index contributed by atoms with van der Waals surface area (Å²) in [5.41, 5.74) is 0.474. The summed E-state index contributed by atoms with van der Waals surface area (Å²) < 4.78 is 2.10. The number of rotatable bonds is 4. The number of imidazole rings is 1. The minimum absolute atomic E-state index is 0.110. The molecule has 1 rings (SSSR count). The fraction of sp³-hybridized carbons (Fsp3) is 0.500. The number of aromatic amines is 1. The first-order chi connectivity index (χ1) is 7.60. The molecule has 0 spiro atoms. The second-order valence-corrected chi connectivity index (χ2v) is 3.87. The van der Waals surface area contributed by atoms with E-state index in [0.29, 0.717) is 16.9 Å². The summed E-state index contributed by atoms with van der Waals surface area (Å²) in [6.07, 6.45) is 2.61. The smallest absolute Gasteiger partial charge is 0.269 e. The molecule has 2 N–H and O–H groups in total. The molecule has 0 aliphatic carbocycles. The van der Waals surface area contributed by atoms with Crippen molar-refractivity contribution in [2.24, 2.45) is 7.05 Å². The number of H-pyrrole nitrogens is 1. The fourth-order valence-corrected chi connectivity index (χ4v) is 1.48. The Bertz CT molecular complexity index is 468. The maximum Gasteiger partial charge on any atom is 0.269 e. The average Bonchev–Trinajstić information content (AvgIpc) is 2.59. The molecule has 0 aliphatic rings. The van der Waals surface area contributed by atoms with Gasteiger partial charge in [-0.2, -0.15) is 5.26 Å². The molecule has 0 radical (unpaired) electrons. The molecular weight excluding hydrogens is 224 g/mol. The quantitative estimate of drug-likeness (QED) is 0.781. The summed E-state index contributed by atoms with van der Waals surface area (Å²) in [5, 5.41) is 11.4. The summed E-state index contributed by atoms with van der Waals surface area (Å²) in [7, 11) is 1.72. The molecular formula is C10H14N4OS. The molecule has 1 amide bonds. The van der Waals surface area contributed by atoms with Crippen LogP contribution in [-0.2, 0) is 7.05 Å². The molecule has 0 aliphatic heterocycles. The second-order valence-electron chi connectivity index (χ2n) is 3.48. The molecule has 0 fully saturated rings. The molecule has 0 unspecified atom stereocenters. The summed E-state index contributed by atoms with van der Waals surface area (Å²) >= 11 is 4.96. The zero-order valence-electron chi connectivity index (χ0n) is 9.28. The molecule has 0 bridgehead atoms. The molecule has 5 nitrogen and oxygen atoms in total. The third-order valence-electron chi connectivity index (χ3n) is 2.40. The highest BCUT2D eigenvalue weighted by atomic mass is 32.1. The van der Waals surface area contributed by atoms with Gasteiger partial charge in [-0.3, -0.25) is 4.79 Å². The normalized spacial score (nSPS) is 11.8. The first-order valence-corrected chi connectivity index (χ1v) is 5.43. The van der Waals surface area contributed by atoms with E-state index in [0.717, 1.165) is 6.42 Å². The average molecular weight is 238 g/mol. The molecule has 6 heteroatoms. The van der Waals surface area contributed by atoms with Gasteiger partial charge in [-0.25, -0.2) is 0 Å². The van der Waals surface area contributed by atoms with Crippen LogP contribution in [0.15, 0.2) is 6.20 Å². The van der Waals surface area contributed by atoms with Crippen molar-refractivity contribution in [1.82, 2.24) is 14.9 Å². The van der Waals surface area contributed by atoms with Gasteiger partial charge in [-0.15, -0.1) is 0 Å². The molecule has 16 heavy (non-hydrogen) atoms. The number of nitriles is 1. The summed E-state index contributed by atoms with van der Waals surface area (Å²) in [6, 6.07) is 1.94. The number of carbonyl (C=O) groups excluding carboxylic acids is 1. The van der Waals surface area contributed by atoms with E-state index in [1.807, 2.05) is 13.0 Å². The number of nitrogens with one attached hydrogen (secondary N) is 2. The third-order valence-corrected chi connectivity index (χ3v) is 2.79. The van der Waals surface area contributed by atoms with E-state index in [1.165, 1.54) is 0 Å². The Balaban J connectivity index is 2.76. The second kappa shape index (κ2) is 5.47. The number of carbonyl (C=O) groups is 1. The molecule has 0 saturated carbocycles. The molecule has 1 atom stereocenters. The van der Waals surface area contributed by atoms with E-state index in [1.54, 1.807) is 17.8 Å². The number of aromatic nitrogens is 2. The lowest BCUT2D eigenvalue weighted by Crippen LogP contribution is -2.35. The molecule has 1 aromatic rings. The first-order valence-electron chi connectivity index (χ1n) is 5.02. The fourth-order valence-electron chi connectivity index (χ4n) is 1.32. The van der Waals surface area contributed by atoms with Crippen LogP contribution < -0.4 is 5.32 Å². The van der Waals surface area contributed by atoms with Gasteiger partial charge in [-0.1, -0.05) is 6.92 Å². The Kier molecular flexibility index (Phi) is 4.26. The van der Waals surface area contributed by atoms with Crippen LogP contribution in [0.1, 0.15) is 30.3 Å². The molecule has 0 aromatic carbocycles. The number of hydrogen-bond acceptors (Lipinski definition) is 3. The van der Waals surface area contributed by atoms with Crippen LogP contribution in [0, 0.1) is 16.1 Å². The van der Waals surface area contributed by atoms with Crippen LogP contribution in [-0.4, -0.2) is 21.5 Å². The van der Waals surface area contributed by atoms with Gasteiger partial charge in [0.15, 0.2) is 4.77 Å². The Labute approximate surface area is 99.1 Å². The summed E-state index contributed by atoms with van der Waals surface area (Å²) in [5.74, 6) is -0.211. The number of amides is 1. The topological polar surface area (TPSA) is 73.6 Å². The van der Waals surface area contributed by atoms with Crippen molar-refractivity contribution < 1.29 is 4.79 Å². The lowest BCUT2D eigenvalue weighted by molar-refractivity contribution is 0.0928. The Morgan fingerprint density at radius 3 is 2.94 bits per heavy atom. The maximum atomic E-state index is 11.8. The van der Waals surface area contributed by atoms with Crippen LogP contribution >= 0.6 is 12.2 Å². The van der Waals surface area contributed by atoms with Crippen molar-refractivity contribution in [3.05, 3.63) is 16.7 Å². The molecule has 86 valence electrons. The van der Waals surface area contributed by atoms with E-state index in [2.05, 4.69) is 10.3 Å². The van der Waals surface area contributed by atoms with E-state index in [9.17, 15) is 4.79 Å². The first kappa shape index (κ1) is 12.5. The van der Waals surface area contributed by atoms with Crippen LogP contribution in [0.3, 0.4) is 0 Å². The highest BCUT2D eigenvalue weighted by Crippen LogP contribution is 2.02. The van der Waals surface area contributed by atoms with Crippen LogP contribution in [0.5, 0.6) is 0 Å². The van der Waals surface area contributed by atoms with E-state index >= 15 is 0 Å². The number of hydrogen-bond donors (Lipinski definition) is 2. The lowest BCUT2D eigenvalue weighted by atomic mass is 10.1. The standard InChI is InChI=1S/C10H14N4OS/c1-3-7(4-5-11)13-9(15)8-6-12-10(16)14(8)2/h6-7H,3-4H2,1-2H3,(H,12,16)(H,13,15)/t7-/m1/s1.